The summed E-state index contributed by atoms with van der Waals surface area (Å²) < 4.78 is 2.80. The first-order chi connectivity index (χ1) is 8.11. The minimum absolute atomic E-state index is 0.679. The highest BCUT2D eigenvalue weighted by Gasteiger charge is 2.09. The predicted molar refractivity (Wildman–Crippen MR) is 74.4 cm³/mol. The summed E-state index contributed by atoms with van der Waals surface area (Å²) in [4.78, 5) is 0. The highest BCUT2D eigenvalue weighted by Crippen LogP contribution is 2.24. The van der Waals surface area contributed by atoms with Gasteiger partial charge in [0.15, 0.2) is 0 Å². The molecule has 0 unspecified atom stereocenters. The van der Waals surface area contributed by atoms with Crippen LogP contribution >= 0.6 is 15.9 Å². The van der Waals surface area contributed by atoms with Gasteiger partial charge in [-0.05, 0) is 47.0 Å². The van der Waals surface area contributed by atoms with Gasteiger partial charge in [-0.25, -0.2) is 4.68 Å². The lowest BCUT2D eigenvalue weighted by Crippen LogP contribution is -2.03. The van der Waals surface area contributed by atoms with E-state index in [1.54, 1.807) is 4.68 Å². The summed E-state index contributed by atoms with van der Waals surface area (Å²) in [5.41, 5.74) is 9.22. The highest BCUT2D eigenvalue weighted by molar-refractivity contribution is 9.10. The number of nitrogens with two attached hydrogens (primary N) is 1. The number of nitrogens with zero attached hydrogens (tertiary/aromatic N) is 2. The van der Waals surface area contributed by atoms with Crippen LogP contribution in [0.1, 0.15) is 24.6 Å². The lowest BCUT2D eigenvalue weighted by atomic mass is 10.2. The predicted octanol–water partition coefficient (Wildman–Crippen LogP) is 3.48. The Kier molecular flexibility index (Phi) is 3.52. The molecule has 2 N–H and O–H groups in total. The van der Waals surface area contributed by atoms with Crippen LogP contribution in [0.3, 0.4) is 0 Å². The molecule has 0 saturated heterocycles. The minimum Gasteiger partial charge on any atom is -0.384 e. The number of rotatable bonds is 3. The van der Waals surface area contributed by atoms with Gasteiger partial charge in [0.1, 0.15) is 5.82 Å². The Balaban J connectivity index is 2.45. The number of aryl methyl sites for hydroxylation is 2. The Morgan fingerprint density at radius 2 is 2.12 bits per heavy atom. The highest BCUT2D eigenvalue weighted by atomic mass is 79.9. The first-order valence-corrected chi connectivity index (χ1v) is 6.52. The summed E-state index contributed by atoms with van der Waals surface area (Å²) in [6.45, 7) is 4.19. The molecule has 0 fully saturated rings. The second kappa shape index (κ2) is 4.92. The average molecular weight is 294 g/mol. The maximum Gasteiger partial charge on any atom is 0.127 e. The van der Waals surface area contributed by atoms with Crippen LogP contribution in [-0.2, 0) is 6.42 Å². The smallest absolute Gasteiger partial charge is 0.127 e. The van der Waals surface area contributed by atoms with Crippen molar-refractivity contribution in [2.75, 3.05) is 5.73 Å². The molecule has 0 aliphatic heterocycles. The van der Waals surface area contributed by atoms with Gasteiger partial charge in [0.25, 0.3) is 0 Å². The topological polar surface area (TPSA) is 43.8 Å². The number of benzene rings is 1. The van der Waals surface area contributed by atoms with Gasteiger partial charge in [-0.1, -0.05) is 19.4 Å². The van der Waals surface area contributed by atoms with Gasteiger partial charge >= 0.3 is 0 Å². The normalized spacial score (nSPS) is 10.8. The molecule has 0 radical (unpaired) electrons. The molecule has 1 aromatic carbocycles. The molecule has 90 valence electrons. The van der Waals surface area contributed by atoms with E-state index in [9.17, 15) is 0 Å². The Morgan fingerprint density at radius 1 is 1.35 bits per heavy atom. The van der Waals surface area contributed by atoms with Crippen LogP contribution in [0.2, 0.25) is 0 Å². The summed E-state index contributed by atoms with van der Waals surface area (Å²) in [7, 11) is 0. The molecule has 0 bridgehead atoms. The van der Waals surface area contributed by atoms with E-state index in [1.807, 2.05) is 12.1 Å². The van der Waals surface area contributed by atoms with Crippen LogP contribution in [0.15, 0.2) is 28.7 Å². The van der Waals surface area contributed by atoms with Gasteiger partial charge in [-0.2, -0.15) is 5.10 Å². The molecule has 1 heterocycles. The van der Waals surface area contributed by atoms with Gasteiger partial charge in [0, 0.05) is 10.5 Å². The number of nitrogen functional groups attached to an aromatic ring is 1. The van der Waals surface area contributed by atoms with Crippen LogP contribution in [0.25, 0.3) is 5.69 Å². The van der Waals surface area contributed by atoms with Crippen LogP contribution in [0.5, 0.6) is 0 Å². The molecule has 17 heavy (non-hydrogen) atoms. The zero-order valence-corrected chi connectivity index (χ0v) is 11.7. The summed E-state index contributed by atoms with van der Waals surface area (Å²) in [6, 6.07) is 8.09. The molecule has 0 amide bonds. The van der Waals surface area contributed by atoms with Gasteiger partial charge in [0.2, 0.25) is 0 Å². The first-order valence-electron chi connectivity index (χ1n) is 5.72. The largest absolute Gasteiger partial charge is 0.384 e. The monoisotopic (exact) mass is 293 g/mol. The van der Waals surface area contributed by atoms with E-state index >= 15 is 0 Å². The molecular formula is C13H16BrN3. The first kappa shape index (κ1) is 12.2. The maximum absolute atomic E-state index is 5.99. The molecule has 4 heteroatoms. The van der Waals surface area contributed by atoms with Crippen molar-refractivity contribution in [3.8, 4) is 5.69 Å². The van der Waals surface area contributed by atoms with E-state index < -0.39 is 0 Å². The van der Waals surface area contributed by atoms with Crippen LogP contribution < -0.4 is 5.73 Å². The number of hydrogen-bond acceptors (Lipinski definition) is 2. The molecular weight excluding hydrogens is 278 g/mol. The van der Waals surface area contributed by atoms with Crippen molar-refractivity contribution in [3.63, 3.8) is 0 Å². The molecule has 0 spiro atoms. The quantitative estimate of drug-likeness (QED) is 0.942. The van der Waals surface area contributed by atoms with Gasteiger partial charge in [-0.3, -0.25) is 0 Å². The molecule has 0 saturated carbocycles. The fourth-order valence-electron chi connectivity index (χ4n) is 1.80. The van der Waals surface area contributed by atoms with Crippen molar-refractivity contribution in [2.45, 2.75) is 26.7 Å². The molecule has 2 rings (SSSR count). The van der Waals surface area contributed by atoms with E-state index in [0.29, 0.717) is 5.82 Å². The summed E-state index contributed by atoms with van der Waals surface area (Å²) in [5, 5.41) is 4.52. The fraction of sp³-hybridized carbons (Fsp3) is 0.308. The van der Waals surface area contributed by atoms with Crippen LogP contribution in [-0.4, -0.2) is 9.78 Å². The SMILES string of the molecule is CCCc1cc(N)n(-c2ccc(C)cc2Br)n1. The lowest BCUT2D eigenvalue weighted by Gasteiger charge is -2.07. The third-order valence-corrected chi connectivity index (χ3v) is 3.26. The van der Waals surface area contributed by atoms with Crippen molar-refractivity contribution in [1.82, 2.24) is 9.78 Å². The Bertz CT molecular complexity index is 531. The Morgan fingerprint density at radius 3 is 2.76 bits per heavy atom. The lowest BCUT2D eigenvalue weighted by molar-refractivity contribution is 0.809. The third kappa shape index (κ3) is 2.52. The van der Waals surface area contributed by atoms with Crippen LogP contribution in [0.4, 0.5) is 5.82 Å². The molecule has 0 aliphatic rings. The van der Waals surface area contributed by atoms with Crippen molar-refractivity contribution in [3.05, 3.63) is 40.0 Å². The number of halogens is 1. The van der Waals surface area contributed by atoms with E-state index in [0.717, 1.165) is 28.7 Å². The zero-order valence-electron chi connectivity index (χ0n) is 10.1. The van der Waals surface area contributed by atoms with Crippen molar-refractivity contribution < 1.29 is 0 Å². The molecule has 1 aromatic heterocycles. The molecule has 3 nitrogen and oxygen atoms in total. The second-order valence-corrected chi connectivity index (χ2v) is 5.03. The average Bonchev–Trinajstić information content (AvgIpc) is 2.60. The fourth-order valence-corrected chi connectivity index (χ4v) is 2.46. The van der Waals surface area contributed by atoms with Crippen LogP contribution in [0, 0.1) is 6.92 Å². The summed E-state index contributed by atoms with van der Waals surface area (Å²) in [6.07, 6.45) is 2.03. The van der Waals surface area contributed by atoms with Crippen molar-refractivity contribution in [1.29, 1.82) is 0 Å². The standard InChI is InChI=1S/C13H16BrN3/c1-3-4-10-8-13(15)17(16-10)12-6-5-9(2)7-11(12)14/h5-8H,3-4,15H2,1-2H3. The van der Waals surface area contributed by atoms with Crippen molar-refractivity contribution in [2.24, 2.45) is 0 Å². The number of hydrogen-bond donors (Lipinski definition) is 1. The maximum atomic E-state index is 5.99. The summed E-state index contributed by atoms with van der Waals surface area (Å²) >= 11 is 3.55. The molecule has 2 aromatic rings. The second-order valence-electron chi connectivity index (χ2n) is 4.18. The summed E-state index contributed by atoms with van der Waals surface area (Å²) in [5.74, 6) is 0.679. The number of anilines is 1. The van der Waals surface area contributed by atoms with E-state index in [1.165, 1.54) is 5.56 Å². The minimum atomic E-state index is 0.679. The number of aromatic nitrogens is 2. The van der Waals surface area contributed by atoms with Gasteiger partial charge in [-0.15, -0.1) is 0 Å². The van der Waals surface area contributed by atoms with E-state index in [4.69, 9.17) is 5.73 Å². The Labute approximate surface area is 110 Å². The third-order valence-electron chi connectivity index (χ3n) is 2.63. The molecule has 0 atom stereocenters. The van der Waals surface area contributed by atoms with Gasteiger partial charge < -0.3 is 5.73 Å². The van der Waals surface area contributed by atoms with E-state index in [-0.39, 0.29) is 0 Å². The zero-order chi connectivity index (χ0) is 12.4. The van der Waals surface area contributed by atoms with E-state index in [2.05, 4.69) is 47.0 Å². The van der Waals surface area contributed by atoms with Crippen molar-refractivity contribution >= 4 is 21.7 Å². The Hall–Kier alpha value is -1.29. The molecule has 0 aliphatic carbocycles. The van der Waals surface area contributed by atoms with Gasteiger partial charge in [0.05, 0.1) is 11.4 Å².